The van der Waals surface area contributed by atoms with Gasteiger partial charge in [-0.05, 0) is 55.0 Å². The SMILES string of the molecule is C=CCOc1ccc(/C=N\NC(=O)CN(c2ccc(Br)cc2)S(C)(=O)=O)cc1OCC. The van der Waals surface area contributed by atoms with Gasteiger partial charge in [-0.25, -0.2) is 13.8 Å². The summed E-state index contributed by atoms with van der Waals surface area (Å²) >= 11 is 3.30. The molecule has 1 N–H and O–H groups in total. The highest BCUT2D eigenvalue weighted by Gasteiger charge is 2.20. The van der Waals surface area contributed by atoms with Gasteiger partial charge in [0.15, 0.2) is 11.5 Å². The molecule has 0 saturated carbocycles. The van der Waals surface area contributed by atoms with Crippen molar-refractivity contribution < 1.29 is 22.7 Å². The van der Waals surface area contributed by atoms with Crippen molar-refractivity contribution in [3.05, 3.63) is 65.2 Å². The van der Waals surface area contributed by atoms with Crippen molar-refractivity contribution in [3.63, 3.8) is 0 Å². The predicted molar refractivity (Wildman–Crippen MR) is 125 cm³/mol. The molecule has 0 spiro atoms. The molecule has 0 bridgehead atoms. The molecule has 0 aromatic heterocycles. The lowest BCUT2D eigenvalue weighted by atomic mass is 10.2. The molecule has 0 aliphatic carbocycles. The van der Waals surface area contributed by atoms with Crippen molar-refractivity contribution in [2.75, 3.05) is 30.3 Å². The first-order valence-corrected chi connectivity index (χ1v) is 11.9. The zero-order chi connectivity index (χ0) is 22.9. The average Bonchev–Trinajstić information content (AvgIpc) is 2.72. The van der Waals surface area contributed by atoms with Crippen molar-refractivity contribution in [3.8, 4) is 11.5 Å². The molecule has 0 radical (unpaired) electrons. The van der Waals surface area contributed by atoms with Crippen LogP contribution in [0.5, 0.6) is 11.5 Å². The van der Waals surface area contributed by atoms with Crippen LogP contribution in [0.1, 0.15) is 12.5 Å². The van der Waals surface area contributed by atoms with Gasteiger partial charge in [-0.2, -0.15) is 5.10 Å². The van der Waals surface area contributed by atoms with Crippen LogP contribution >= 0.6 is 15.9 Å². The quantitative estimate of drug-likeness (QED) is 0.284. The van der Waals surface area contributed by atoms with Gasteiger partial charge >= 0.3 is 0 Å². The summed E-state index contributed by atoms with van der Waals surface area (Å²) in [6.45, 7) is 5.87. The maximum absolute atomic E-state index is 12.3. The topological polar surface area (TPSA) is 97.3 Å². The summed E-state index contributed by atoms with van der Waals surface area (Å²) in [4.78, 5) is 12.3. The minimum Gasteiger partial charge on any atom is -0.490 e. The molecule has 0 saturated heterocycles. The first-order valence-electron chi connectivity index (χ1n) is 9.30. The number of nitrogens with one attached hydrogen (secondary N) is 1. The molecule has 0 unspecified atom stereocenters. The fourth-order valence-corrected chi connectivity index (χ4v) is 3.61. The Balaban J connectivity index is 2.07. The number of rotatable bonds is 11. The van der Waals surface area contributed by atoms with E-state index in [1.807, 2.05) is 6.92 Å². The zero-order valence-corrected chi connectivity index (χ0v) is 19.6. The second kappa shape index (κ2) is 11.5. The maximum Gasteiger partial charge on any atom is 0.260 e. The van der Waals surface area contributed by atoms with E-state index >= 15 is 0 Å². The summed E-state index contributed by atoms with van der Waals surface area (Å²) in [5, 5.41) is 3.91. The Labute approximate surface area is 190 Å². The number of anilines is 1. The molecule has 8 nitrogen and oxygen atoms in total. The number of hydrogen-bond donors (Lipinski definition) is 1. The summed E-state index contributed by atoms with van der Waals surface area (Å²) in [5.74, 6) is 0.528. The van der Waals surface area contributed by atoms with Crippen LogP contribution in [0.3, 0.4) is 0 Å². The number of benzene rings is 2. The van der Waals surface area contributed by atoms with Crippen LogP contribution in [0.15, 0.2) is 64.7 Å². The highest BCUT2D eigenvalue weighted by molar-refractivity contribution is 9.10. The molecule has 0 aliphatic rings. The van der Waals surface area contributed by atoms with E-state index in [0.29, 0.717) is 36.0 Å². The molecule has 166 valence electrons. The highest BCUT2D eigenvalue weighted by atomic mass is 79.9. The fraction of sp³-hybridized carbons (Fsp3) is 0.238. The van der Waals surface area contributed by atoms with Crippen molar-refractivity contribution in [2.24, 2.45) is 5.10 Å². The summed E-state index contributed by atoms with van der Waals surface area (Å²) in [5.41, 5.74) is 3.39. The molecule has 31 heavy (non-hydrogen) atoms. The monoisotopic (exact) mass is 509 g/mol. The van der Waals surface area contributed by atoms with Crippen LogP contribution in [-0.4, -0.2) is 46.6 Å². The van der Waals surface area contributed by atoms with Crippen LogP contribution in [-0.2, 0) is 14.8 Å². The van der Waals surface area contributed by atoms with E-state index in [9.17, 15) is 13.2 Å². The Morgan fingerprint density at radius 2 is 1.90 bits per heavy atom. The Kier molecular flexibility index (Phi) is 9.07. The van der Waals surface area contributed by atoms with Gasteiger partial charge in [0.2, 0.25) is 10.0 Å². The second-order valence-corrected chi connectivity index (χ2v) is 9.10. The van der Waals surface area contributed by atoms with Gasteiger partial charge in [-0.1, -0.05) is 28.6 Å². The summed E-state index contributed by atoms with van der Waals surface area (Å²) in [6.07, 6.45) is 4.10. The van der Waals surface area contributed by atoms with E-state index < -0.39 is 22.5 Å². The third-order valence-electron chi connectivity index (χ3n) is 3.83. The molecular weight excluding hydrogens is 486 g/mol. The number of hydrogen-bond acceptors (Lipinski definition) is 6. The van der Waals surface area contributed by atoms with Crippen molar-refractivity contribution in [1.82, 2.24) is 5.43 Å². The maximum atomic E-state index is 12.3. The molecule has 1 amide bonds. The third kappa shape index (κ3) is 7.72. The average molecular weight is 510 g/mol. The zero-order valence-electron chi connectivity index (χ0n) is 17.2. The van der Waals surface area contributed by atoms with Gasteiger partial charge in [0.05, 0.1) is 24.8 Å². The lowest BCUT2D eigenvalue weighted by molar-refractivity contribution is -0.119. The summed E-state index contributed by atoms with van der Waals surface area (Å²) in [7, 11) is -3.66. The molecule has 0 atom stereocenters. The Morgan fingerprint density at radius 1 is 1.19 bits per heavy atom. The molecule has 10 heteroatoms. The van der Waals surface area contributed by atoms with Crippen LogP contribution in [0.2, 0.25) is 0 Å². The smallest absolute Gasteiger partial charge is 0.260 e. The van der Waals surface area contributed by atoms with Crippen molar-refractivity contribution >= 4 is 43.8 Å². The van der Waals surface area contributed by atoms with Gasteiger partial charge in [0, 0.05) is 4.47 Å². The Hall–Kier alpha value is -2.85. The van der Waals surface area contributed by atoms with E-state index in [4.69, 9.17) is 9.47 Å². The highest BCUT2D eigenvalue weighted by Crippen LogP contribution is 2.28. The Morgan fingerprint density at radius 3 is 2.52 bits per heavy atom. The van der Waals surface area contributed by atoms with Gasteiger partial charge in [0.1, 0.15) is 13.2 Å². The van der Waals surface area contributed by atoms with E-state index in [1.165, 1.54) is 6.21 Å². The first-order chi connectivity index (χ1) is 14.7. The van der Waals surface area contributed by atoms with Crippen LogP contribution in [0.25, 0.3) is 0 Å². The number of hydrazone groups is 1. The van der Waals surface area contributed by atoms with Gasteiger partial charge in [0.25, 0.3) is 5.91 Å². The number of halogens is 1. The molecule has 2 aromatic rings. The number of amides is 1. The number of sulfonamides is 1. The molecular formula is C21H24BrN3O5S. The van der Waals surface area contributed by atoms with E-state index in [2.05, 4.69) is 33.0 Å². The summed E-state index contributed by atoms with van der Waals surface area (Å²) in [6, 6.07) is 11.8. The van der Waals surface area contributed by atoms with Crippen LogP contribution in [0, 0.1) is 0 Å². The Bertz CT molecular complexity index is 1040. The molecule has 2 rings (SSSR count). The lowest BCUT2D eigenvalue weighted by Crippen LogP contribution is -2.39. The lowest BCUT2D eigenvalue weighted by Gasteiger charge is -2.21. The summed E-state index contributed by atoms with van der Waals surface area (Å²) < 4.78 is 37.1. The number of ether oxygens (including phenoxy) is 2. The van der Waals surface area contributed by atoms with Gasteiger partial charge < -0.3 is 9.47 Å². The number of carbonyl (C=O) groups is 1. The fourth-order valence-electron chi connectivity index (χ4n) is 2.49. The van der Waals surface area contributed by atoms with Crippen molar-refractivity contribution in [1.29, 1.82) is 0 Å². The number of carbonyl (C=O) groups excluding carboxylic acids is 1. The van der Waals surface area contributed by atoms with Crippen LogP contribution < -0.4 is 19.2 Å². The standard InChI is InChI=1S/C21H24BrN3O5S/c1-4-12-30-19-11-6-16(13-20(19)29-5-2)14-23-24-21(26)15-25(31(3,27)28)18-9-7-17(22)8-10-18/h4,6-11,13-14H,1,5,12,15H2,2-3H3,(H,24,26)/b23-14-. The van der Waals surface area contributed by atoms with E-state index in [0.717, 1.165) is 15.0 Å². The van der Waals surface area contributed by atoms with E-state index in [1.54, 1.807) is 48.5 Å². The first kappa shape index (κ1) is 24.4. The minimum absolute atomic E-state index is 0.346. The van der Waals surface area contributed by atoms with Crippen molar-refractivity contribution in [2.45, 2.75) is 6.92 Å². The van der Waals surface area contributed by atoms with Crippen LogP contribution in [0.4, 0.5) is 5.69 Å². The molecule has 0 fully saturated rings. The molecule has 2 aromatic carbocycles. The minimum atomic E-state index is -3.66. The normalized spacial score (nSPS) is 11.2. The van der Waals surface area contributed by atoms with Gasteiger partial charge in [-0.3, -0.25) is 9.10 Å². The third-order valence-corrected chi connectivity index (χ3v) is 5.50. The molecule has 0 aliphatic heterocycles. The second-order valence-electron chi connectivity index (χ2n) is 6.28. The number of nitrogens with zero attached hydrogens (tertiary/aromatic N) is 2. The largest absolute Gasteiger partial charge is 0.490 e. The molecule has 0 heterocycles. The van der Waals surface area contributed by atoms with Gasteiger partial charge in [-0.15, -0.1) is 0 Å². The predicted octanol–water partition coefficient (Wildman–Crippen LogP) is 3.33. The van der Waals surface area contributed by atoms with E-state index in [-0.39, 0.29) is 0 Å².